The summed E-state index contributed by atoms with van der Waals surface area (Å²) in [6.45, 7) is 6.53. The SMILES string of the molecule is CC(C)CNCC1CCC1CCS(C)(=O)=O. The third-order valence-corrected chi connectivity index (χ3v) is 4.37. The Labute approximate surface area is 99.9 Å². The Morgan fingerprint density at radius 2 is 1.88 bits per heavy atom. The summed E-state index contributed by atoms with van der Waals surface area (Å²) in [5, 5.41) is 3.46. The number of hydrogen-bond acceptors (Lipinski definition) is 3. The number of sulfone groups is 1. The van der Waals surface area contributed by atoms with E-state index in [4.69, 9.17) is 0 Å². The molecule has 1 N–H and O–H groups in total. The van der Waals surface area contributed by atoms with Crippen LogP contribution in [-0.2, 0) is 9.84 Å². The van der Waals surface area contributed by atoms with Gasteiger partial charge in [0.15, 0.2) is 0 Å². The molecule has 0 aromatic heterocycles. The average molecular weight is 247 g/mol. The van der Waals surface area contributed by atoms with Gasteiger partial charge in [0.25, 0.3) is 0 Å². The maximum absolute atomic E-state index is 11.1. The lowest BCUT2D eigenvalue weighted by atomic mass is 9.72. The second kappa shape index (κ2) is 6.01. The molecule has 96 valence electrons. The minimum Gasteiger partial charge on any atom is -0.316 e. The van der Waals surface area contributed by atoms with E-state index in [0.29, 0.717) is 23.5 Å². The molecule has 0 amide bonds. The number of nitrogens with one attached hydrogen (secondary N) is 1. The first-order valence-corrected chi connectivity index (χ1v) is 8.33. The predicted molar refractivity (Wildman–Crippen MR) is 68.2 cm³/mol. The lowest BCUT2D eigenvalue weighted by molar-refractivity contribution is 0.166. The summed E-state index contributed by atoms with van der Waals surface area (Å²) in [6.07, 6.45) is 4.66. The molecule has 1 aliphatic rings. The Hall–Kier alpha value is -0.0900. The molecule has 0 aromatic rings. The van der Waals surface area contributed by atoms with E-state index in [9.17, 15) is 8.42 Å². The van der Waals surface area contributed by atoms with E-state index < -0.39 is 9.84 Å². The summed E-state index contributed by atoms with van der Waals surface area (Å²) >= 11 is 0. The highest BCUT2D eigenvalue weighted by atomic mass is 32.2. The van der Waals surface area contributed by atoms with Crippen LogP contribution >= 0.6 is 0 Å². The lowest BCUT2D eigenvalue weighted by Gasteiger charge is -2.37. The monoisotopic (exact) mass is 247 g/mol. The summed E-state index contributed by atoms with van der Waals surface area (Å²) in [5.74, 6) is 2.39. The van der Waals surface area contributed by atoms with Crippen LogP contribution in [0.5, 0.6) is 0 Å². The summed E-state index contributed by atoms with van der Waals surface area (Å²) in [5.41, 5.74) is 0. The summed E-state index contributed by atoms with van der Waals surface area (Å²) in [4.78, 5) is 0. The minimum atomic E-state index is -2.77. The van der Waals surface area contributed by atoms with Crippen LogP contribution in [0, 0.1) is 17.8 Å². The van der Waals surface area contributed by atoms with Crippen molar-refractivity contribution in [2.24, 2.45) is 17.8 Å². The highest BCUT2D eigenvalue weighted by Gasteiger charge is 2.30. The van der Waals surface area contributed by atoms with Crippen molar-refractivity contribution in [1.82, 2.24) is 5.32 Å². The molecule has 2 atom stereocenters. The second-order valence-corrected chi connectivity index (χ2v) is 7.83. The third-order valence-electron chi connectivity index (χ3n) is 3.39. The van der Waals surface area contributed by atoms with Crippen molar-refractivity contribution in [3.8, 4) is 0 Å². The lowest BCUT2D eigenvalue weighted by Crippen LogP contribution is -2.37. The van der Waals surface area contributed by atoms with Crippen LogP contribution in [0.3, 0.4) is 0 Å². The zero-order valence-corrected chi connectivity index (χ0v) is 11.5. The van der Waals surface area contributed by atoms with Crippen LogP contribution in [0.25, 0.3) is 0 Å². The largest absolute Gasteiger partial charge is 0.316 e. The highest BCUT2D eigenvalue weighted by molar-refractivity contribution is 7.90. The molecule has 1 aliphatic carbocycles. The van der Waals surface area contributed by atoms with Crippen molar-refractivity contribution in [1.29, 1.82) is 0 Å². The molecule has 0 saturated heterocycles. The fourth-order valence-corrected chi connectivity index (χ4v) is 2.94. The van der Waals surface area contributed by atoms with Gasteiger partial charge in [-0.2, -0.15) is 0 Å². The van der Waals surface area contributed by atoms with E-state index in [1.165, 1.54) is 19.1 Å². The molecule has 16 heavy (non-hydrogen) atoms. The van der Waals surface area contributed by atoms with Gasteiger partial charge >= 0.3 is 0 Å². The van der Waals surface area contributed by atoms with Gasteiger partial charge in [0.1, 0.15) is 9.84 Å². The van der Waals surface area contributed by atoms with E-state index >= 15 is 0 Å². The average Bonchev–Trinajstić information content (AvgIpc) is 2.08. The molecule has 0 aliphatic heterocycles. The van der Waals surface area contributed by atoms with Crippen molar-refractivity contribution in [3.05, 3.63) is 0 Å². The van der Waals surface area contributed by atoms with Crippen molar-refractivity contribution in [3.63, 3.8) is 0 Å². The van der Waals surface area contributed by atoms with Gasteiger partial charge in [0, 0.05) is 6.26 Å². The van der Waals surface area contributed by atoms with Gasteiger partial charge in [-0.25, -0.2) is 8.42 Å². The molecule has 0 radical (unpaired) electrons. The Morgan fingerprint density at radius 3 is 2.31 bits per heavy atom. The van der Waals surface area contributed by atoms with Gasteiger partial charge in [-0.15, -0.1) is 0 Å². The standard InChI is InChI=1S/C12H25NO2S/c1-10(2)8-13-9-12-5-4-11(12)6-7-16(3,14)15/h10-13H,4-9H2,1-3H3. The van der Waals surface area contributed by atoms with E-state index in [1.807, 2.05) is 0 Å². The van der Waals surface area contributed by atoms with Crippen molar-refractivity contribution < 1.29 is 8.42 Å². The summed E-state index contributed by atoms with van der Waals surface area (Å²) in [7, 11) is -2.77. The normalized spacial score (nSPS) is 25.8. The Kier molecular flexibility index (Phi) is 5.25. The van der Waals surface area contributed by atoms with Crippen molar-refractivity contribution >= 4 is 9.84 Å². The smallest absolute Gasteiger partial charge is 0.147 e. The molecule has 0 bridgehead atoms. The quantitative estimate of drug-likeness (QED) is 0.745. The second-order valence-electron chi connectivity index (χ2n) is 5.57. The van der Waals surface area contributed by atoms with Crippen LogP contribution < -0.4 is 5.32 Å². The van der Waals surface area contributed by atoms with Gasteiger partial charge in [-0.3, -0.25) is 0 Å². The van der Waals surface area contributed by atoms with Crippen LogP contribution in [0.1, 0.15) is 33.1 Å². The summed E-state index contributed by atoms with van der Waals surface area (Å²) in [6, 6.07) is 0. The molecule has 0 spiro atoms. The molecule has 2 unspecified atom stereocenters. The summed E-state index contributed by atoms with van der Waals surface area (Å²) < 4.78 is 22.1. The Bertz CT molecular complexity index is 298. The van der Waals surface area contributed by atoms with E-state index in [0.717, 1.165) is 19.5 Å². The van der Waals surface area contributed by atoms with Crippen LogP contribution in [0.2, 0.25) is 0 Å². The number of rotatable bonds is 7. The fourth-order valence-electron chi connectivity index (χ4n) is 2.21. The first-order chi connectivity index (χ1) is 7.38. The first-order valence-electron chi connectivity index (χ1n) is 6.27. The van der Waals surface area contributed by atoms with Gasteiger partial charge in [-0.05, 0) is 50.1 Å². The molecule has 3 nitrogen and oxygen atoms in total. The predicted octanol–water partition coefficient (Wildman–Crippen LogP) is 1.69. The molecule has 1 fully saturated rings. The highest BCUT2D eigenvalue weighted by Crippen LogP contribution is 2.36. The fraction of sp³-hybridized carbons (Fsp3) is 1.00. The van der Waals surface area contributed by atoms with Crippen LogP contribution in [0.15, 0.2) is 0 Å². The molecule has 1 saturated carbocycles. The van der Waals surface area contributed by atoms with Crippen LogP contribution in [0.4, 0.5) is 0 Å². The van der Waals surface area contributed by atoms with Crippen LogP contribution in [-0.4, -0.2) is 33.5 Å². The van der Waals surface area contributed by atoms with E-state index in [2.05, 4.69) is 19.2 Å². The zero-order valence-electron chi connectivity index (χ0n) is 10.7. The van der Waals surface area contributed by atoms with E-state index in [-0.39, 0.29) is 0 Å². The van der Waals surface area contributed by atoms with Gasteiger partial charge in [0.05, 0.1) is 5.75 Å². The number of hydrogen-bond donors (Lipinski definition) is 1. The first kappa shape index (κ1) is 14.0. The van der Waals surface area contributed by atoms with Gasteiger partial charge in [-0.1, -0.05) is 13.8 Å². The van der Waals surface area contributed by atoms with E-state index in [1.54, 1.807) is 0 Å². The maximum Gasteiger partial charge on any atom is 0.147 e. The molecule has 0 aromatic carbocycles. The topological polar surface area (TPSA) is 46.2 Å². The third kappa shape index (κ3) is 5.30. The van der Waals surface area contributed by atoms with Crippen molar-refractivity contribution in [2.45, 2.75) is 33.1 Å². The maximum atomic E-state index is 11.1. The van der Waals surface area contributed by atoms with Gasteiger partial charge in [0.2, 0.25) is 0 Å². The molecular formula is C12H25NO2S. The molecule has 4 heteroatoms. The van der Waals surface area contributed by atoms with Crippen molar-refractivity contribution in [2.75, 3.05) is 25.1 Å². The molecule has 0 heterocycles. The Balaban J connectivity index is 2.15. The molecule has 1 rings (SSSR count). The Morgan fingerprint density at radius 1 is 1.25 bits per heavy atom. The molecular weight excluding hydrogens is 222 g/mol. The zero-order chi connectivity index (χ0) is 12.2. The minimum absolute atomic E-state index is 0.359. The van der Waals surface area contributed by atoms with Gasteiger partial charge < -0.3 is 5.32 Å².